The Balaban J connectivity index is 2.02. The highest BCUT2D eigenvalue weighted by Crippen LogP contribution is 2.18. The van der Waals surface area contributed by atoms with Crippen LogP contribution in [0.1, 0.15) is 21.9 Å². The molecular formula is C16H13N3O6. The molecule has 0 saturated heterocycles. The molecule has 3 aromatic rings. The maximum Gasteiger partial charge on any atom is 0.341 e. The summed E-state index contributed by atoms with van der Waals surface area (Å²) >= 11 is 0. The van der Waals surface area contributed by atoms with Crippen molar-refractivity contribution in [2.24, 2.45) is 0 Å². The summed E-state index contributed by atoms with van der Waals surface area (Å²) in [6.07, 6.45) is 1.33. The van der Waals surface area contributed by atoms with Crippen molar-refractivity contribution in [1.29, 1.82) is 0 Å². The number of fused-ring (bicyclic) bond motifs is 1. The number of hydrogen-bond acceptors (Lipinski definition) is 7. The van der Waals surface area contributed by atoms with E-state index in [4.69, 9.17) is 4.42 Å². The highest BCUT2D eigenvalue weighted by molar-refractivity contribution is 5.90. The monoisotopic (exact) mass is 343 g/mol. The minimum atomic E-state index is -0.575. The predicted octanol–water partition coefficient (Wildman–Crippen LogP) is 2.04. The lowest BCUT2D eigenvalue weighted by molar-refractivity contribution is -0.384. The van der Waals surface area contributed by atoms with Gasteiger partial charge in [-0.2, -0.15) is 0 Å². The van der Waals surface area contributed by atoms with Crippen LogP contribution in [0.25, 0.3) is 10.9 Å². The normalized spacial score (nSPS) is 10.8. The number of furan rings is 1. The fourth-order valence-corrected chi connectivity index (χ4v) is 2.48. The molecule has 1 aromatic carbocycles. The fraction of sp³-hybridized carbons (Fsp3) is 0.188. The number of nitro groups is 1. The fourth-order valence-electron chi connectivity index (χ4n) is 2.48. The zero-order valence-corrected chi connectivity index (χ0v) is 13.4. The first-order valence-corrected chi connectivity index (χ1v) is 7.22. The highest BCUT2D eigenvalue weighted by Gasteiger charge is 2.17. The predicted molar refractivity (Wildman–Crippen MR) is 86.5 cm³/mol. The number of hydrogen-bond donors (Lipinski definition) is 0. The Morgan fingerprint density at radius 2 is 2.16 bits per heavy atom. The number of aromatic nitrogens is 2. The van der Waals surface area contributed by atoms with Crippen LogP contribution in [0.2, 0.25) is 0 Å². The van der Waals surface area contributed by atoms with Gasteiger partial charge in [0.2, 0.25) is 0 Å². The molecule has 0 radical (unpaired) electrons. The molecule has 2 heterocycles. The zero-order chi connectivity index (χ0) is 18.1. The van der Waals surface area contributed by atoms with E-state index in [2.05, 4.69) is 9.72 Å². The van der Waals surface area contributed by atoms with Gasteiger partial charge in [-0.3, -0.25) is 19.5 Å². The lowest BCUT2D eigenvalue weighted by atomic mass is 10.2. The average Bonchev–Trinajstić information content (AvgIpc) is 2.96. The van der Waals surface area contributed by atoms with E-state index in [0.717, 1.165) is 0 Å². The number of nitrogens with zero attached hydrogens (tertiary/aromatic N) is 3. The van der Waals surface area contributed by atoms with E-state index in [1.54, 1.807) is 6.92 Å². The van der Waals surface area contributed by atoms with Gasteiger partial charge in [0.15, 0.2) is 0 Å². The van der Waals surface area contributed by atoms with E-state index in [-0.39, 0.29) is 23.2 Å². The molecule has 0 fully saturated rings. The second-order valence-electron chi connectivity index (χ2n) is 5.31. The Bertz CT molecular complexity index is 1050. The van der Waals surface area contributed by atoms with Gasteiger partial charge in [0.25, 0.3) is 11.2 Å². The van der Waals surface area contributed by atoms with Crippen LogP contribution in [0.4, 0.5) is 5.69 Å². The lowest BCUT2D eigenvalue weighted by Crippen LogP contribution is -2.21. The van der Waals surface area contributed by atoms with Crippen LogP contribution in [0.3, 0.4) is 0 Å². The van der Waals surface area contributed by atoms with Crippen molar-refractivity contribution in [2.45, 2.75) is 13.5 Å². The molecule has 0 atom stereocenters. The lowest BCUT2D eigenvalue weighted by Gasteiger charge is -2.04. The molecule has 25 heavy (non-hydrogen) atoms. The van der Waals surface area contributed by atoms with E-state index in [0.29, 0.717) is 17.0 Å². The Labute approximate surface area is 140 Å². The number of nitro benzene ring substituents is 1. The van der Waals surface area contributed by atoms with Gasteiger partial charge in [0.1, 0.15) is 17.1 Å². The molecule has 0 aliphatic rings. The van der Waals surface area contributed by atoms with Crippen molar-refractivity contribution in [2.75, 3.05) is 7.11 Å². The van der Waals surface area contributed by atoms with Gasteiger partial charge in [-0.15, -0.1) is 0 Å². The second kappa shape index (κ2) is 6.19. The van der Waals surface area contributed by atoms with E-state index in [9.17, 15) is 19.7 Å². The van der Waals surface area contributed by atoms with Crippen molar-refractivity contribution in [3.63, 3.8) is 0 Å². The minimum Gasteiger partial charge on any atom is -0.465 e. The molecule has 9 nitrogen and oxygen atoms in total. The smallest absolute Gasteiger partial charge is 0.341 e. The highest BCUT2D eigenvalue weighted by atomic mass is 16.6. The van der Waals surface area contributed by atoms with Crippen molar-refractivity contribution in [3.05, 3.63) is 68.1 Å². The molecule has 0 bridgehead atoms. The number of methoxy groups -OCH3 is 1. The third kappa shape index (κ3) is 2.99. The van der Waals surface area contributed by atoms with Gasteiger partial charge in [-0.1, -0.05) is 0 Å². The SMILES string of the molecule is COC(=O)c1cc(Cn2cnc3ccc([N+](=O)[O-])cc3c2=O)oc1C. The first kappa shape index (κ1) is 16.4. The second-order valence-corrected chi connectivity index (χ2v) is 5.31. The minimum absolute atomic E-state index is 0.0301. The molecule has 2 aromatic heterocycles. The Hall–Kier alpha value is -3.49. The van der Waals surface area contributed by atoms with Crippen LogP contribution in [0.5, 0.6) is 0 Å². The number of aryl methyl sites for hydroxylation is 1. The number of ether oxygens (including phenoxy) is 1. The quantitative estimate of drug-likeness (QED) is 0.404. The Kier molecular flexibility index (Phi) is 4.05. The largest absolute Gasteiger partial charge is 0.465 e. The van der Waals surface area contributed by atoms with Gasteiger partial charge in [0.05, 0.1) is 35.8 Å². The molecule has 0 unspecified atom stereocenters. The van der Waals surface area contributed by atoms with E-state index < -0.39 is 16.5 Å². The summed E-state index contributed by atoms with van der Waals surface area (Å²) in [4.78, 5) is 38.6. The van der Waals surface area contributed by atoms with Crippen molar-refractivity contribution >= 4 is 22.6 Å². The number of carbonyl (C=O) groups is 1. The van der Waals surface area contributed by atoms with E-state index >= 15 is 0 Å². The number of benzene rings is 1. The molecule has 0 N–H and O–H groups in total. The van der Waals surface area contributed by atoms with Gasteiger partial charge in [-0.25, -0.2) is 9.78 Å². The Morgan fingerprint density at radius 3 is 2.84 bits per heavy atom. The van der Waals surface area contributed by atoms with E-state index in [1.165, 1.54) is 42.3 Å². The molecule has 0 saturated carbocycles. The number of non-ortho nitro benzene ring substituents is 1. The molecule has 3 rings (SSSR count). The zero-order valence-electron chi connectivity index (χ0n) is 13.4. The average molecular weight is 343 g/mol. The first-order chi connectivity index (χ1) is 11.9. The first-order valence-electron chi connectivity index (χ1n) is 7.22. The van der Waals surface area contributed by atoms with E-state index in [1.807, 2.05) is 0 Å². The van der Waals surface area contributed by atoms with Crippen molar-refractivity contribution in [3.8, 4) is 0 Å². The number of carbonyl (C=O) groups excluding carboxylic acids is 1. The molecule has 0 aliphatic heterocycles. The van der Waals surface area contributed by atoms with Crippen LogP contribution < -0.4 is 5.56 Å². The summed E-state index contributed by atoms with van der Waals surface area (Å²) < 4.78 is 11.4. The van der Waals surface area contributed by atoms with Crippen LogP contribution >= 0.6 is 0 Å². The molecular weight excluding hydrogens is 330 g/mol. The summed E-state index contributed by atoms with van der Waals surface area (Å²) in [6.45, 7) is 1.64. The summed E-state index contributed by atoms with van der Waals surface area (Å²) in [5.74, 6) is 0.206. The molecule has 0 amide bonds. The summed E-state index contributed by atoms with van der Waals surface area (Å²) in [7, 11) is 1.26. The van der Waals surface area contributed by atoms with Gasteiger partial charge in [0, 0.05) is 12.1 Å². The van der Waals surface area contributed by atoms with Crippen molar-refractivity contribution < 1.29 is 18.9 Å². The van der Waals surface area contributed by atoms with Gasteiger partial charge >= 0.3 is 5.97 Å². The van der Waals surface area contributed by atoms with Gasteiger partial charge < -0.3 is 9.15 Å². The third-order valence-electron chi connectivity index (χ3n) is 3.72. The third-order valence-corrected chi connectivity index (χ3v) is 3.72. The summed E-state index contributed by atoms with van der Waals surface area (Å²) in [6, 6.07) is 5.39. The molecule has 0 spiro atoms. The number of esters is 1. The number of rotatable bonds is 4. The maximum absolute atomic E-state index is 12.6. The Morgan fingerprint density at radius 1 is 1.40 bits per heavy atom. The van der Waals surface area contributed by atoms with Crippen LogP contribution in [-0.2, 0) is 11.3 Å². The van der Waals surface area contributed by atoms with Crippen LogP contribution in [0, 0.1) is 17.0 Å². The summed E-state index contributed by atoms with van der Waals surface area (Å²) in [5.41, 5.74) is 0.000928. The molecule has 128 valence electrons. The van der Waals surface area contributed by atoms with Crippen LogP contribution in [-0.4, -0.2) is 27.6 Å². The van der Waals surface area contributed by atoms with Gasteiger partial charge in [-0.05, 0) is 19.1 Å². The topological polar surface area (TPSA) is 117 Å². The molecule has 9 heteroatoms. The summed E-state index contributed by atoms with van der Waals surface area (Å²) in [5, 5.41) is 11.0. The maximum atomic E-state index is 12.6. The van der Waals surface area contributed by atoms with Crippen LogP contribution in [0.15, 0.2) is 39.8 Å². The standard InChI is InChI=1S/C16H13N3O6/c1-9-12(16(21)24-2)6-11(25-9)7-18-8-17-14-4-3-10(19(22)23)5-13(14)15(18)20/h3-6,8H,7H2,1-2H3. The van der Waals surface area contributed by atoms with Crippen molar-refractivity contribution in [1.82, 2.24) is 9.55 Å². The molecule has 0 aliphatic carbocycles.